The van der Waals surface area contributed by atoms with Gasteiger partial charge in [0.25, 0.3) is 0 Å². The fourth-order valence-electron chi connectivity index (χ4n) is 0.555. The molecule has 0 aromatic rings. The molecule has 0 bridgehead atoms. The molecule has 0 aliphatic carbocycles. The molecule has 0 N–H and O–H groups in total. The van der Waals surface area contributed by atoms with Gasteiger partial charge in [-0.2, -0.15) is 0 Å². The van der Waals surface area contributed by atoms with Crippen LogP contribution in [0.2, 0.25) is 0 Å². The van der Waals surface area contributed by atoms with E-state index in [9.17, 15) is 0 Å². The van der Waals surface area contributed by atoms with E-state index < -0.39 is 10.6 Å². The third-order valence-corrected chi connectivity index (χ3v) is 3.51. The first-order chi connectivity index (χ1) is 2.91. The topological polar surface area (TPSA) is 25.1 Å². The molecule has 0 unspecified atom stereocenters. The van der Waals surface area contributed by atoms with E-state index in [1.54, 1.807) is 0 Å². The first-order valence-electron chi connectivity index (χ1n) is 2.08. The van der Waals surface area contributed by atoms with Crippen LogP contribution in [0.5, 0.6) is 0 Å². The molecular weight excluding hydrogens is 100 g/mol. The predicted octanol–water partition coefficient (Wildman–Crippen LogP) is 0.986. The Kier molecular flexibility index (Phi) is 0.415. The molecular formula is C3H6O2S. The van der Waals surface area contributed by atoms with Gasteiger partial charge in [0, 0.05) is 11.5 Å². The SMILES string of the molecule is C1CS2(C1)OO2. The average molecular weight is 106 g/mol. The molecule has 36 valence electrons. The Morgan fingerprint density at radius 3 is 1.83 bits per heavy atom. The Morgan fingerprint density at radius 2 is 1.83 bits per heavy atom. The van der Waals surface area contributed by atoms with Gasteiger partial charge in [-0.25, -0.2) is 0 Å². The number of hydrogen-bond acceptors (Lipinski definition) is 2. The molecule has 0 aromatic carbocycles. The molecule has 0 amide bonds. The van der Waals surface area contributed by atoms with E-state index in [1.807, 2.05) is 0 Å². The third-order valence-electron chi connectivity index (χ3n) is 1.17. The van der Waals surface area contributed by atoms with Crippen molar-refractivity contribution in [2.24, 2.45) is 0 Å². The number of rotatable bonds is 0. The van der Waals surface area contributed by atoms with Crippen molar-refractivity contribution in [2.45, 2.75) is 6.42 Å². The van der Waals surface area contributed by atoms with Gasteiger partial charge >= 0.3 is 0 Å². The molecule has 2 heterocycles. The molecule has 2 nitrogen and oxygen atoms in total. The molecule has 6 heavy (non-hydrogen) atoms. The highest BCUT2D eigenvalue weighted by molar-refractivity contribution is 8.30. The second-order valence-electron chi connectivity index (χ2n) is 1.64. The van der Waals surface area contributed by atoms with Crippen LogP contribution < -0.4 is 0 Å². The highest BCUT2D eigenvalue weighted by atomic mass is 32.3. The van der Waals surface area contributed by atoms with Crippen LogP contribution in [0.3, 0.4) is 0 Å². The van der Waals surface area contributed by atoms with E-state index in [0.717, 1.165) is 0 Å². The Bertz CT molecular complexity index is 72.9. The van der Waals surface area contributed by atoms with Gasteiger partial charge in [-0.05, 0) is 6.42 Å². The van der Waals surface area contributed by atoms with Crippen LogP contribution in [-0.2, 0) is 8.67 Å². The van der Waals surface area contributed by atoms with Crippen LogP contribution in [0.25, 0.3) is 0 Å². The lowest BCUT2D eigenvalue weighted by atomic mass is 10.5. The van der Waals surface area contributed by atoms with Crippen molar-refractivity contribution in [3.8, 4) is 0 Å². The van der Waals surface area contributed by atoms with Gasteiger partial charge in [0.1, 0.15) is 0 Å². The first-order valence-corrected chi connectivity index (χ1v) is 3.90. The lowest BCUT2D eigenvalue weighted by Gasteiger charge is -2.23. The average Bonchev–Trinajstić information content (AvgIpc) is 2.02. The largest absolute Gasteiger partial charge is 0.127 e. The molecule has 0 saturated carbocycles. The standard InChI is InChI=1S/C3H6O2S/c1-2-6(3-1)4-5-6/h1-3H2. The van der Waals surface area contributed by atoms with Crippen LogP contribution in [0.1, 0.15) is 6.42 Å². The first kappa shape index (κ1) is 3.29. The second kappa shape index (κ2) is 0.757. The van der Waals surface area contributed by atoms with Crippen LogP contribution in [0.4, 0.5) is 0 Å². The molecule has 2 saturated heterocycles. The van der Waals surface area contributed by atoms with Crippen molar-refractivity contribution in [1.29, 1.82) is 0 Å². The van der Waals surface area contributed by atoms with Crippen molar-refractivity contribution in [3.05, 3.63) is 0 Å². The maximum atomic E-state index is 4.72. The predicted molar refractivity (Wildman–Crippen MR) is 24.1 cm³/mol. The summed E-state index contributed by atoms with van der Waals surface area (Å²) in [6, 6.07) is 0. The van der Waals surface area contributed by atoms with Gasteiger partial charge in [-0.1, -0.05) is 0 Å². The van der Waals surface area contributed by atoms with Gasteiger partial charge in [-0.3, -0.25) is 0 Å². The lowest BCUT2D eigenvalue weighted by Crippen LogP contribution is -2.07. The summed E-state index contributed by atoms with van der Waals surface area (Å²) < 4.78 is 9.43. The summed E-state index contributed by atoms with van der Waals surface area (Å²) in [7, 11) is -0.731. The molecule has 2 fully saturated rings. The van der Waals surface area contributed by atoms with Crippen molar-refractivity contribution in [2.75, 3.05) is 11.5 Å². The van der Waals surface area contributed by atoms with Crippen molar-refractivity contribution < 1.29 is 8.67 Å². The summed E-state index contributed by atoms with van der Waals surface area (Å²) in [6.07, 6.45) is 1.31. The van der Waals surface area contributed by atoms with E-state index >= 15 is 0 Å². The molecule has 2 aliphatic heterocycles. The van der Waals surface area contributed by atoms with E-state index in [0.29, 0.717) is 0 Å². The fourth-order valence-corrected chi connectivity index (χ4v) is 1.90. The summed E-state index contributed by atoms with van der Waals surface area (Å²) in [5.74, 6) is 2.40. The van der Waals surface area contributed by atoms with E-state index in [4.69, 9.17) is 8.67 Å². The van der Waals surface area contributed by atoms with Gasteiger partial charge < -0.3 is 0 Å². The zero-order valence-electron chi connectivity index (χ0n) is 3.35. The highest BCUT2D eigenvalue weighted by Gasteiger charge is 2.44. The van der Waals surface area contributed by atoms with Crippen molar-refractivity contribution in [1.82, 2.24) is 0 Å². The summed E-state index contributed by atoms with van der Waals surface area (Å²) in [4.78, 5) is 0. The Labute approximate surface area is 38.1 Å². The summed E-state index contributed by atoms with van der Waals surface area (Å²) in [5.41, 5.74) is 0. The van der Waals surface area contributed by atoms with Crippen LogP contribution in [0.15, 0.2) is 0 Å². The third kappa shape index (κ3) is 0.259. The minimum absolute atomic E-state index is 0.731. The van der Waals surface area contributed by atoms with Crippen molar-refractivity contribution in [3.63, 3.8) is 0 Å². The quantitative estimate of drug-likeness (QED) is 0.340. The second-order valence-corrected chi connectivity index (χ2v) is 4.22. The van der Waals surface area contributed by atoms with Crippen LogP contribution in [0, 0.1) is 0 Å². The normalized spacial score (nSPS) is 41.3. The van der Waals surface area contributed by atoms with Crippen LogP contribution >= 0.6 is 10.6 Å². The maximum absolute atomic E-state index is 4.72. The Balaban J connectivity index is 2.09. The highest BCUT2D eigenvalue weighted by Crippen LogP contribution is 2.71. The van der Waals surface area contributed by atoms with Crippen molar-refractivity contribution >= 4 is 10.6 Å². The smallest absolute Gasteiger partial charge is 0.0453 e. The monoisotopic (exact) mass is 106 g/mol. The van der Waals surface area contributed by atoms with Gasteiger partial charge in [0.15, 0.2) is 0 Å². The molecule has 2 rings (SSSR count). The van der Waals surface area contributed by atoms with E-state index in [-0.39, 0.29) is 0 Å². The van der Waals surface area contributed by atoms with Crippen LogP contribution in [-0.4, -0.2) is 11.5 Å². The molecule has 0 atom stereocenters. The van der Waals surface area contributed by atoms with Gasteiger partial charge in [0.2, 0.25) is 0 Å². The summed E-state index contributed by atoms with van der Waals surface area (Å²) in [5, 5.41) is 0. The van der Waals surface area contributed by atoms with Gasteiger partial charge in [0.05, 0.1) is 0 Å². The van der Waals surface area contributed by atoms with E-state index in [2.05, 4.69) is 0 Å². The zero-order valence-corrected chi connectivity index (χ0v) is 4.16. The molecule has 0 aromatic heterocycles. The molecule has 2 aliphatic rings. The zero-order chi connectivity index (χ0) is 4.04. The maximum Gasteiger partial charge on any atom is 0.0453 e. The Morgan fingerprint density at radius 1 is 1.17 bits per heavy atom. The minimum Gasteiger partial charge on any atom is -0.127 e. The molecule has 3 heteroatoms. The summed E-state index contributed by atoms with van der Waals surface area (Å²) >= 11 is 0. The Hall–Kier alpha value is 0.270. The molecule has 1 spiro atoms. The molecule has 0 radical (unpaired) electrons. The minimum atomic E-state index is -0.731. The lowest BCUT2D eigenvalue weighted by molar-refractivity contribution is 0.0850. The van der Waals surface area contributed by atoms with Gasteiger partial charge in [-0.15, -0.1) is 19.3 Å². The summed E-state index contributed by atoms with van der Waals surface area (Å²) in [6.45, 7) is 0. The fraction of sp³-hybridized carbons (Fsp3) is 1.00. The van der Waals surface area contributed by atoms with E-state index in [1.165, 1.54) is 17.9 Å². The number of hydrogen-bond donors (Lipinski definition) is 0.